The quantitative estimate of drug-likeness (QED) is 0.701. The molecule has 0 aromatic rings. The number of nitrogens with zero attached hydrogens (tertiary/aromatic N) is 1. The van der Waals surface area contributed by atoms with Crippen LogP contribution in [0.1, 0.15) is 51.4 Å². The molecular weight excluding hydrogens is 202 g/mol. The fraction of sp³-hybridized carbons (Fsp3) is 0.833. The van der Waals surface area contributed by atoms with E-state index in [1.165, 1.54) is 12.8 Å². The first-order valence-electron chi connectivity index (χ1n) is 6.24. The van der Waals surface area contributed by atoms with Crippen molar-refractivity contribution in [3.8, 4) is 6.07 Å². The van der Waals surface area contributed by atoms with Crippen molar-refractivity contribution >= 4 is 6.03 Å². The molecule has 0 saturated heterocycles. The zero-order valence-electron chi connectivity index (χ0n) is 9.59. The fourth-order valence-electron chi connectivity index (χ4n) is 2.26. The number of amides is 2. The van der Waals surface area contributed by atoms with Crippen LogP contribution in [-0.2, 0) is 0 Å². The van der Waals surface area contributed by atoms with Gasteiger partial charge < -0.3 is 10.6 Å². The second kappa shape index (κ2) is 4.73. The topological polar surface area (TPSA) is 64.9 Å². The molecule has 16 heavy (non-hydrogen) atoms. The molecule has 0 radical (unpaired) electrons. The molecule has 2 fully saturated rings. The van der Waals surface area contributed by atoms with Gasteiger partial charge >= 0.3 is 6.03 Å². The normalized spacial score (nSPS) is 23.9. The number of nitriles is 1. The summed E-state index contributed by atoms with van der Waals surface area (Å²) in [6.45, 7) is 0. The molecule has 0 atom stereocenters. The Hall–Kier alpha value is -1.24. The third kappa shape index (κ3) is 2.88. The van der Waals surface area contributed by atoms with Crippen molar-refractivity contribution in [1.82, 2.24) is 10.6 Å². The van der Waals surface area contributed by atoms with Gasteiger partial charge in [-0.05, 0) is 25.7 Å². The Morgan fingerprint density at radius 1 is 1.19 bits per heavy atom. The average Bonchev–Trinajstić information content (AvgIpc) is 3.06. The van der Waals surface area contributed by atoms with Crippen molar-refractivity contribution in [3.63, 3.8) is 0 Å². The van der Waals surface area contributed by atoms with Crippen LogP contribution in [0.2, 0.25) is 0 Å². The van der Waals surface area contributed by atoms with Crippen molar-refractivity contribution < 1.29 is 4.79 Å². The molecule has 0 heterocycles. The first-order chi connectivity index (χ1) is 7.74. The Bertz CT molecular complexity index is 296. The maximum absolute atomic E-state index is 11.7. The van der Waals surface area contributed by atoms with E-state index in [2.05, 4.69) is 16.7 Å². The van der Waals surface area contributed by atoms with Gasteiger partial charge in [0.15, 0.2) is 0 Å². The van der Waals surface area contributed by atoms with Gasteiger partial charge in [0.2, 0.25) is 0 Å². The highest BCUT2D eigenvalue weighted by atomic mass is 16.2. The minimum atomic E-state index is -0.616. The molecule has 2 N–H and O–H groups in total. The lowest BCUT2D eigenvalue weighted by atomic mass is 9.92. The molecule has 88 valence electrons. The average molecular weight is 221 g/mol. The first-order valence-corrected chi connectivity index (χ1v) is 6.24. The van der Waals surface area contributed by atoms with Crippen molar-refractivity contribution in [2.75, 3.05) is 0 Å². The maximum Gasteiger partial charge on any atom is 0.316 e. The van der Waals surface area contributed by atoms with E-state index >= 15 is 0 Å². The first kappa shape index (κ1) is 11.3. The van der Waals surface area contributed by atoms with Gasteiger partial charge in [-0.3, -0.25) is 0 Å². The minimum Gasteiger partial charge on any atom is -0.335 e. The molecule has 0 bridgehead atoms. The van der Waals surface area contributed by atoms with E-state index in [-0.39, 0.29) is 6.03 Å². The van der Waals surface area contributed by atoms with Crippen molar-refractivity contribution in [2.24, 2.45) is 0 Å². The Morgan fingerprint density at radius 3 is 2.31 bits per heavy atom. The number of hydrogen-bond donors (Lipinski definition) is 2. The van der Waals surface area contributed by atoms with Gasteiger partial charge in [0, 0.05) is 6.04 Å². The van der Waals surface area contributed by atoms with Gasteiger partial charge in [-0.2, -0.15) is 5.26 Å². The Balaban J connectivity index is 1.91. The van der Waals surface area contributed by atoms with E-state index < -0.39 is 5.54 Å². The van der Waals surface area contributed by atoms with Gasteiger partial charge in [-0.25, -0.2) is 4.79 Å². The van der Waals surface area contributed by atoms with Gasteiger partial charge in [0.25, 0.3) is 0 Å². The Kier molecular flexibility index (Phi) is 3.33. The number of rotatable bonds is 2. The van der Waals surface area contributed by atoms with Crippen LogP contribution in [0.15, 0.2) is 0 Å². The number of hydrogen-bond acceptors (Lipinski definition) is 2. The lowest BCUT2D eigenvalue weighted by molar-refractivity contribution is 0.228. The SMILES string of the molecule is N#CC1(NC(=O)NC2CC2)CCCCCC1. The molecule has 2 amide bonds. The molecule has 0 spiro atoms. The van der Waals surface area contributed by atoms with E-state index in [0.29, 0.717) is 6.04 Å². The van der Waals surface area contributed by atoms with Crippen LogP contribution in [0.3, 0.4) is 0 Å². The van der Waals surface area contributed by atoms with Gasteiger partial charge in [-0.15, -0.1) is 0 Å². The molecule has 4 heteroatoms. The lowest BCUT2D eigenvalue weighted by Gasteiger charge is -2.26. The zero-order valence-corrected chi connectivity index (χ0v) is 9.59. The maximum atomic E-state index is 11.7. The third-order valence-electron chi connectivity index (χ3n) is 3.44. The Labute approximate surface area is 96.4 Å². The highest BCUT2D eigenvalue weighted by molar-refractivity contribution is 5.76. The molecule has 0 aromatic heterocycles. The van der Waals surface area contributed by atoms with E-state index in [1.807, 2.05) is 0 Å². The predicted molar refractivity (Wildman–Crippen MR) is 60.7 cm³/mol. The summed E-state index contributed by atoms with van der Waals surface area (Å²) in [4.78, 5) is 11.7. The Morgan fingerprint density at radius 2 is 1.81 bits per heavy atom. The smallest absolute Gasteiger partial charge is 0.316 e. The minimum absolute atomic E-state index is 0.161. The number of urea groups is 1. The molecule has 0 aromatic carbocycles. The third-order valence-corrected chi connectivity index (χ3v) is 3.44. The van der Waals surface area contributed by atoms with E-state index in [0.717, 1.165) is 38.5 Å². The fourth-order valence-corrected chi connectivity index (χ4v) is 2.26. The summed E-state index contributed by atoms with van der Waals surface area (Å²) in [5, 5.41) is 15.0. The molecule has 2 saturated carbocycles. The molecule has 0 aliphatic heterocycles. The van der Waals surface area contributed by atoms with Crippen molar-refractivity contribution in [2.45, 2.75) is 62.9 Å². The molecule has 4 nitrogen and oxygen atoms in total. The lowest BCUT2D eigenvalue weighted by Crippen LogP contribution is -2.51. The van der Waals surface area contributed by atoms with Crippen LogP contribution in [0.25, 0.3) is 0 Å². The van der Waals surface area contributed by atoms with Crippen LogP contribution in [0, 0.1) is 11.3 Å². The van der Waals surface area contributed by atoms with Crippen LogP contribution in [0.5, 0.6) is 0 Å². The van der Waals surface area contributed by atoms with E-state index in [4.69, 9.17) is 0 Å². The van der Waals surface area contributed by atoms with E-state index in [1.54, 1.807) is 0 Å². The predicted octanol–water partition coefficient (Wildman–Crippen LogP) is 2.06. The van der Waals surface area contributed by atoms with Crippen LogP contribution in [-0.4, -0.2) is 17.6 Å². The number of nitrogens with one attached hydrogen (secondary N) is 2. The molecular formula is C12H19N3O. The summed E-state index contributed by atoms with van der Waals surface area (Å²) in [5.41, 5.74) is -0.616. The van der Waals surface area contributed by atoms with Crippen LogP contribution >= 0.6 is 0 Å². The highest BCUT2D eigenvalue weighted by Crippen LogP contribution is 2.26. The zero-order chi connectivity index (χ0) is 11.4. The highest BCUT2D eigenvalue weighted by Gasteiger charge is 2.34. The summed E-state index contributed by atoms with van der Waals surface area (Å²) in [6.07, 6.45) is 8.17. The summed E-state index contributed by atoms with van der Waals surface area (Å²) in [5.74, 6) is 0. The molecule has 2 rings (SSSR count). The van der Waals surface area contributed by atoms with Gasteiger partial charge in [0.1, 0.15) is 5.54 Å². The second-order valence-corrected chi connectivity index (χ2v) is 4.98. The molecule has 2 aliphatic rings. The molecule has 2 aliphatic carbocycles. The number of carbonyl (C=O) groups excluding carboxylic acids is 1. The van der Waals surface area contributed by atoms with Crippen molar-refractivity contribution in [3.05, 3.63) is 0 Å². The second-order valence-electron chi connectivity index (χ2n) is 4.98. The van der Waals surface area contributed by atoms with Crippen LogP contribution < -0.4 is 10.6 Å². The standard InChI is InChI=1S/C12H19N3O/c13-9-12(7-3-1-2-4-8-12)15-11(16)14-10-5-6-10/h10H,1-8H2,(H2,14,15,16). The summed E-state index contributed by atoms with van der Waals surface area (Å²) < 4.78 is 0. The summed E-state index contributed by atoms with van der Waals surface area (Å²) >= 11 is 0. The van der Waals surface area contributed by atoms with Crippen molar-refractivity contribution in [1.29, 1.82) is 5.26 Å². The van der Waals surface area contributed by atoms with Gasteiger partial charge in [0.05, 0.1) is 6.07 Å². The van der Waals surface area contributed by atoms with E-state index in [9.17, 15) is 10.1 Å². The summed E-state index contributed by atoms with van der Waals surface area (Å²) in [7, 11) is 0. The van der Waals surface area contributed by atoms with Crippen LogP contribution in [0.4, 0.5) is 4.79 Å². The number of carbonyl (C=O) groups is 1. The monoisotopic (exact) mass is 221 g/mol. The molecule has 0 unspecified atom stereocenters. The van der Waals surface area contributed by atoms with Gasteiger partial charge in [-0.1, -0.05) is 25.7 Å². The largest absolute Gasteiger partial charge is 0.335 e. The summed E-state index contributed by atoms with van der Waals surface area (Å²) in [6, 6.07) is 2.50.